The van der Waals surface area contributed by atoms with Gasteiger partial charge in [-0.1, -0.05) is 26.0 Å². The molecule has 0 spiro atoms. The molecule has 1 aliphatic carbocycles. The van der Waals surface area contributed by atoms with E-state index < -0.39 is 0 Å². The second-order valence-corrected chi connectivity index (χ2v) is 10.8. The number of benzene rings is 1. The fraction of sp³-hybridized carbons (Fsp3) is 0.708. The van der Waals surface area contributed by atoms with Gasteiger partial charge in [0.2, 0.25) is 5.91 Å². The average molecular weight is 403 g/mol. The number of nitrogens with one attached hydrogen (secondary N) is 1. The van der Waals surface area contributed by atoms with Crippen molar-refractivity contribution in [2.45, 2.75) is 84.3 Å². The van der Waals surface area contributed by atoms with Gasteiger partial charge in [-0.2, -0.15) is 5.06 Å². The van der Waals surface area contributed by atoms with Gasteiger partial charge in [-0.25, -0.2) is 0 Å². The van der Waals surface area contributed by atoms with Crippen molar-refractivity contribution in [1.29, 1.82) is 0 Å². The number of nitrogens with zero attached hydrogens (tertiary/aromatic N) is 1. The molecule has 1 aromatic carbocycles. The second-order valence-electron chi connectivity index (χ2n) is 10.8. The van der Waals surface area contributed by atoms with Crippen LogP contribution >= 0.6 is 0 Å². The minimum absolute atomic E-state index is 0.0145. The summed E-state index contributed by atoms with van der Waals surface area (Å²) in [6.07, 6.45) is 3.58. The van der Waals surface area contributed by atoms with E-state index in [-0.39, 0.29) is 28.9 Å². The van der Waals surface area contributed by atoms with E-state index in [0.29, 0.717) is 23.5 Å². The van der Waals surface area contributed by atoms with E-state index in [9.17, 15) is 15.1 Å². The third kappa shape index (κ3) is 4.95. The lowest BCUT2D eigenvalue weighted by molar-refractivity contribution is -0.246. The van der Waals surface area contributed by atoms with Crippen molar-refractivity contribution >= 4 is 5.91 Å². The number of amides is 1. The Balaban J connectivity index is 1.53. The zero-order chi connectivity index (χ0) is 21.6. The summed E-state index contributed by atoms with van der Waals surface area (Å²) in [5, 5.41) is 24.6. The van der Waals surface area contributed by atoms with E-state index in [1.807, 2.05) is 39.8 Å². The molecule has 0 aromatic heterocycles. The van der Waals surface area contributed by atoms with E-state index in [0.717, 1.165) is 25.7 Å². The Morgan fingerprint density at radius 1 is 1.10 bits per heavy atom. The number of carbonyl (C=O) groups is 1. The molecule has 0 unspecified atom stereocenters. The molecule has 2 aliphatic rings. The van der Waals surface area contributed by atoms with Crippen LogP contribution in [0.3, 0.4) is 0 Å². The molecule has 1 saturated carbocycles. The molecular formula is C24H38N2O3. The van der Waals surface area contributed by atoms with Crippen LogP contribution in [0.25, 0.3) is 0 Å². The van der Waals surface area contributed by atoms with E-state index in [4.69, 9.17) is 0 Å². The predicted molar refractivity (Wildman–Crippen MR) is 115 cm³/mol. The molecule has 1 aliphatic heterocycles. The van der Waals surface area contributed by atoms with Gasteiger partial charge >= 0.3 is 0 Å². The smallest absolute Gasteiger partial charge is 0.223 e. The van der Waals surface area contributed by atoms with Crippen LogP contribution in [0.15, 0.2) is 24.3 Å². The molecule has 3 rings (SSSR count). The summed E-state index contributed by atoms with van der Waals surface area (Å²) in [5.41, 5.74) is 0.520. The van der Waals surface area contributed by atoms with Crippen molar-refractivity contribution in [2.75, 3.05) is 0 Å². The fourth-order valence-corrected chi connectivity index (χ4v) is 5.52. The molecule has 5 heteroatoms. The van der Waals surface area contributed by atoms with Gasteiger partial charge in [0.05, 0.1) is 0 Å². The minimum atomic E-state index is -0.357. The number of hydrogen-bond donors (Lipinski definition) is 3. The van der Waals surface area contributed by atoms with Gasteiger partial charge in [-0.3, -0.25) is 4.79 Å². The van der Waals surface area contributed by atoms with Crippen LogP contribution in [0, 0.1) is 23.7 Å². The maximum Gasteiger partial charge on any atom is 0.223 e. The molecule has 29 heavy (non-hydrogen) atoms. The predicted octanol–water partition coefficient (Wildman–Crippen LogP) is 4.37. The molecule has 162 valence electrons. The third-order valence-corrected chi connectivity index (χ3v) is 7.16. The average Bonchev–Trinajstić information content (AvgIpc) is 3.41. The molecule has 3 N–H and O–H groups in total. The Hall–Kier alpha value is -1.59. The van der Waals surface area contributed by atoms with Gasteiger partial charge in [-0.05, 0) is 88.8 Å². The second kappa shape index (κ2) is 7.92. The highest BCUT2D eigenvalue weighted by atomic mass is 16.5. The highest BCUT2D eigenvalue weighted by Gasteiger charge is 2.48. The number of hydrogen-bond acceptors (Lipinski definition) is 4. The lowest BCUT2D eigenvalue weighted by Crippen LogP contribution is -2.63. The van der Waals surface area contributed by atoms with Gasteiger partial charge < -0.3 is 15.6 Å². The quantitative estimate of drug-likeness (QED) is 0.661. The highest BCUT2D eigenvalue weighted by Crippen LogP contribution is 2.50. The molecule has 0 radical (unpaired) electrons. The summed E-state index contributed by atoms with van der Waals surface area (Å²) in [4.78, 5) is 12.9. The van der Waals surface area contributed by atoms with Crippen LogP contribution in [-0.2, 0) is 11.2 Å². The summed E-state index contributed by atoms with van der Waals surface area (Å²) in [7, 11) is 0. The number of phenols is 1. The van der Waals surface area contributed by atoms with Gasteiger partial charge in [0, 0.05) is 23.0 Å². The van der Waals surface area contributed by atoms with Gasteiger partial charge in [0.25, 0.3) is 0 Å². The molecule has 1 amide bonds. The molecule has 1 heterocycles. The Kier molecular flexibility index (Phi) is 6.03. The molecule has 2 fully saturated rings. The van der Waals surface area contributed by atoms with Crippen molar-refractivity contribution in [3.8, 4) is 5.75 Å². The van der Waals surface area contributed by atoms with Crippen molar-refractivity contribution in [2.24, 2.45) is 23.7 Å². The topological polar surface area (TPSA) is 72.8 Å². The van der Waals surface area contributed by atoms with Crippen molar-refractivity contribution in [1.82, 2.24) is 10.4 Å². The van der Waals surface area contributed by atoms with Crippen molar-refractivity contribution in [3.05, 3.63) is 29.8 Å². The summed E-state index contributed by atoms with van der Waals surface area (Å²) in [5.74, 6) is 2.01. The van der Waals surface area contributed by atoms with E-state index >= 15 is 0 Å². The maximum atomic E-state index is 12.9. The number of aromatic hydroxyl groups is 1. The molecule has 1 aromatic rings. The summed E-state index contributed by atoms with van der Waals surface area (Å²) in [6.45, 7) is 12.4. The van der Waals surface area contributed by atoms with E-state index in [1.54, 1.807) is 12.1 Å². The van der Waals surface area contributed by atoms with Crippen molar-refractivity contribution in [3.63, 3.8) is 0 Å². The number of carbonyl (C=O) groups excluding carboxylic acids is 1. The molecule has 5 nitrogen and oxygen atoms in total. The number of phenolic OH excluding ortho intramolecular Hbond substituents is 1. The Bertz CT molecular complexity index is 710. The van der Waals surface area contributed by atoms with Crippen LogP contribution in [0.1, 0.15) is 66.4 Å². The first kappa shape index (κ1) is 22.1. The molecule has 4 atom stereocenters. The van der Waals surface area contributed by atoms with Crippen LogP contribution in [0.5, 0.6) is 5.75 Å². The van der Waals surface area contributed by atoms with Gasteiger partial charge in [-0.15, -0.1) is 0 Å². The number of rotatable bonds is 6. The first-order valence-electron chi connectivity index (χ1n) is 11.0. The maximum absolute atomic E-state index is 12.9. The zero-order valence-electron chi connectivity index (χ0n) is 18.8. The minimum Gasteiger partial charge on any atom is -0.508 e. The summed E-state index contributed by atoms with van der Waals surface area (Å²) < 4.78 is 0. The summed E-state index contributed by atoms with van der Waals surface area (Å²) in [6, 6.07) is 7.53. The number of hydroxylamine groups is 2. The highest BCUT2D eigenvalue weighted by molar-refractivity contribution is 5.79. The van der Waals surface area contributed by atoms with Crippen LogP contribution in [-0.4, -0.2) is 38.4 Å². The first-order valence-corrected chi connectivity index (χ1v) is 11.0. The van der Waals surface area contributed by atoms with Gasteiger partial charge in [0.15, 0.2) is 0 Å². The van der Waals surface area contributed by atoms with Crippen LogP contribution in [0.4, 0.5) is 0 Å². The van der Waals surface area contributed by atoms with Crippen LogP contribution in [0.2, 0.25) is 0 Å². The molecular weight excluding hydrogens is 364 g/mol. The lowest BCUT2D eigenvalue weighted by Gasteiger charge is -2.51. The normalized spacial score (nSPS) is 28.5. The monoisotopic (exact) mass is 402 g/mol. The lowest BCUT2D eigenvalue weighted by atomic mass is 9.78. The zero-order valence-corrected chi connectivity index (χ0v) is 18.8. The summed E-state index contributed by atoms with van der Waals surface area (Å²) >= 11 is 0. The fourth-order valence-electron chi connectivity index (χ4n) is 5.52. The van der Waals surface area contributed by atoms with Crippen LogP contribution < -0.4 is 5.32 Å². The Morgan fingerprint density at radius 3 is 2.21 bits per heavy atom. The Labute approximate surface area is 175 Å². The van der Waals surface area contributed by atoms with Gasteiger partial charge in [0.1, 0.15) is 5.75 Å². The first-order chi connectivity index (χ1) is 13.4. The standard InChI is InChI=1S/C24H38N2O3/c1-15(11-17-7-9-19(27)10-8-17)20-12-21(20)16(2)22(28)25-18-13-23(3,4)26(29)24(5,6)14-18/h7-10,15-16,18,20-21,27,29H,11-14H2,1-6H3,(H,25,28)/t15-,16-,20-,21-/m0/s1. The van der Waals surface area contributed by atoms with E-state index in [2.05, 4.69) is 19.2 Å². The van der Waals surface area contributed by atoms with Crippen molar-refractivity contribution < 1.29 is 15.1 Å². The largest absolute Gasteiger partial charge is 0.508 e. The third-order valence-electron chi connectivity index (χ3n) is 7.16. The number of piperidine rings is 1. The molecule has 1 saturated heterocycles. The molecule has 0 bridgehead atoms. The SMILES string of the molecule is C[C@H](C(=O)NC1CC(C)(C)N(O)C(C)(C)C1)[C@@H]1C[C@H]1[C@@H](C)Cc1ccc(O)cc1. The Morgan fingerprint density at radius 2 is 1.66 bits per heavy atom. The van der Waals surface area contributed by atoms with E-state index in [1.165, 1.54) is 10.6 Å².